The van der Waals surface area contributed by atoms with Gasteiger partial charge in [0.25, 0.3) is 0 Å². The van der Waals surface area contributed by atoms with E-state index in [0.717, 1.165) is 63.4 Å². The van der Waals surface area contributed by atoms with E-state index in [9.17, 15) is 4.79 Å². The fourth-order valence-corrected chi connectivity index (χ4v) is 3.90. The summed E-state index contributed by atoms with van der Waals surface area (Å²) in [6, 6.07) is 7.67. The van der Waals surface area contributed by atoms with Crippen LogP contribution in [0, 0.1) is 11.8 Å². The van der Waals surface area contributed by atoms with Crippen molar-refractivity contribution in [1.82, 2.24) is 9.80 Å². The predicted molar refractivity (Wildman–Crippen MR) is 126 cm³/mol. The Morgan fingerprint density at radius 3 is 2.38 bits per heavy atom. The second-order valence-electron chi connectivity index (χ2n) is 7.54. The second-order valence-corrected chi connectivity index (χ2v) is 7.54. The number of rotatable bonds is 7. The van der Waals surface area contributed by atoms with Crippen LogP contribution in [-0.4, -0.2) is 68.6 Å². The number of anilines is 1. The highest BCUT2D eigenvalue weighted by Crippen LogP contribution is 2.32. The fraction of sp³-hybridized carbons (Fsp3) is 0.650. The van der Waals surface area contributed by atoms with Crippen LogP contribution < -0.4 is 15.8 Å². The van der Waals surface area contributed by atoms with E-state index < -0.39 is 0 Å². The molecule has 3 rings (SSSR count). The lowest BCUT2D eigenvalue weighted by molar-refractivity contribution is -0.120. The summed E-state index contributed by atoms with van der Waals surface area (Å²) in [6.07, 6.45) is 3.11. The molecule has 29 heavy (non-hydrogen) atoms. The Morgan fingerprint density at radius 2 is 1.76 bits per heavy atom. The van der Waals surface area contributed by atoms with Crippen molar-refractivity contribution in [2.24, 2.45) is 17.6 Å². The van der Waals surface area contributed by atoms with E-state index in [1.165, 1.54) is 0 Å². The predicted octanol–water partition coefficient (Wildman–Crippen LogP) is 2.89. The minimum atomic E-state index is 0. The summed E-state index contributed by atoms with van der Waals surface area (Å²) in [5.41, 5.74) is 6.60. The van der Waals surface area contributed by atoms with E-state index >= 15 is 0 Å². The number of carbonyl (C=O) groups excluding carboxylic acids is 1. The van der Waals surface area contributed by atoms with Crippen molar-refractivity contribution >= 4 is 48.8 Å². The molecule has 1 heterocycles. The summed E-state index contributed by atoms with van der Waals surface area (Å²) in [4.78, 5) is 17.2. The first kappa shape index (κ1) is 28.2. The Bertz CT molecular complexity index is 584. The number of carbonyl (C=O) groups is 1. The van der Waals surface area contributed by atoms with E-state index in [-0.39, 0.29) is 49.0 Å². The SMILES string of the molecule is CN1CCN(CCOc2ccc(NC(=O)[C@@H]3CCC[C@@H]3CN)cc2)CC1.Cl.Cl.Cl. The monoisotopic (exact) mass is 468 g/mol. The Morgan fingerprint density at radius 1 is 1.10 bits per heavy atom. The molecule has 0 aromatic heterocycles. The zero-order chi connectivity index (χ0) is 18.4. The van der Waals surface area contributed by atoms with E-state index in [1.807, 2.05) is 24.3 Å². The molecule has 0 unspecified atom stereocenters. The summed E-state index contributed by atoms with van der Waals surface area (Å²) >= 11 is 0. The van der Waals surface area contributed by atoms with Crippen molar-refractivity contribution in [2.75, 3.05) is 58.2 Å². The minimum absolute atomic E-state index is 0. The number of hydrogen-bond donors (Lipinski definition) is 2. The van der Waals surface area contributed by atoms with Crippen LogP contribution >= 0.6 is 37.2 Å². The number of nitrogens with one attached hydrogen (secondary N) is 1. The van der Waals surface area contributed by atoms with Gasteiger partial charge >= 0.3 is 0 Å². The van der Waals surface area contributed by atoms with Crippen LogP contribution in [0.15, 0.2) is 24.3 Å². The highest BCUT2D eigenvalue weighted by molar-refractivity contribution is 5.93. The molecule has 1 aliphatic carbocycles. The van der Waals surface area contributed by atoms with Crippen LogP contribution in [0.4, 0.5) is 5.69 Å². The lowest BCUT2D eigenvalue weighted by atomic mass is 9.95. The third-order valence-corrected chi connectivity index (χ3v) is 5.69. The van der Waals surface area contributed by atoms with Crippen LogP contribution in [0.3, 0.4) is 0 Å². The molecule has 0 spiro atoms. The first-order valence-electron chi connectivity index (χ1n) is 9.80. The molecule has 0 radical (unpaired) electrons. The summed E-state index contributed by atoms with van der Waals surface area (Å²) in [5.74, 6) is 1.33. The first-order valence-corrected chi connectivity index (χ1v) is 9.80. The topological polar surface area (TPSA) is 70.8 Å². The summed E-state index contributed by atoms with van der Waals surface area (Å²) < 4.78 is 5.85. The molecule has 2 aliphatic rings. The van der Waals surface area contributed by atoms with E-state index in [0.29, 0.717) is 19.1 Å². The van der Waals surface area contributed by atoms with Crippen LogP contribution in [0.1, 0.15) is 19.3 Å². The van der Waals surface area contributed by atoms with Crippen LogP contribution in [-0.2, 0) is 4.79 Å². The molecule has 1 aromatic rings. The maximum Gasteiger partial charge on any atom is 0.227 e. The van der Waals surface area contributed by atoms with Crippen molar-refractivity contribution < 1.29 is 9.53 Å². The molecule has 3 N–H and O–H groups in total. The second kappa shape index (κ2) is 14.3. The number of amides is 1. The summed E-state index contributed by atoms with van der Waals surface area (Å²) in [7, 11) is 2.16. The zero-order valence-corrected chi connectivity index (χ0v) is 19.5. The lowest BCUT2D eigenvalue weighted by Gasteiger charge is -2.32. The van der Waals surface area contributed by atoms with Gasteiger partial charge in [0.1, 0.15) is 12.4 Å². The standard InChI is InChI=1S/C20H32N4O2.3ClH/c1-23-9-11-24(12-10-23)13-14-26-18-7-5-17(6-8-18)22-20(25)19-4-2-3-16(19)15-21;;;/h5-8,16,19H,2-4,9-15,21H2,1H3,(H,22,25);3*1H/t16-,19-;;;/m1.../s1. The van der Waals surface area contributed by atoms with Gasteiger partial charge in [-0.2, -0.15) is 0 Å². The average Bonchev–Trinajstić information content (AvgIpc) is 3.14. The highest BCUT2D eigenvalue weighted by Gasteiger charge is 2.31. The molecule has 168 valence electrons. The molecule has 2 atom stereocenters. The Kier molecular flexibility index (Phi) is 13.9. The van der Waals surface area contributed by atoms with E-state index in [1.54, 1.807) is 0 Å². The number of halogens is 3. The molecule has 1 amide bonds. The lowest BCUT2D eigenvalue weighted by Crippen LogP contribution is -2.45. The third-order valence-electron chi connectivity index (χ3n) is 5.69. The fourth-order valence-electron chi connectivity index (χ4n) is 3.90. The van der Waals surface area contributed by atoms with Gasteiger partial charge in [-0.15, -0.1) is 37.2 Å². The quantitative estimate of drug-likeness (QED) is 0.642. The number of nitrogens with zero attached hydrogens (tertiary/aromatic N) is 2. The number of ether oxygens (including phenoxy) is 1. The summed E-state index contributed by atoms with van der Waals surface area (Å²) in [6.45, 7) is 6.70. The van der Waals surface area contributed by atoms with Crippen molar-refractivity contribution in [2.45, 2.75) is 19.3 Å². The molecule has 6 nitrogen and oxygen atoms in total. The van der Waals surface area contributed by atoms with Gasteiger partial charge in [0, 0.05) is 44.3 Å². The van der Waals surface area contributed by atoms with Crippen molar-refractivity contribution in [3.63, 3.8) is 0 Å². The molecule has 9 heteroatoms. The molecule has 2 fully saturated rings. The Balaban J connectivity index is 0.00000261. The molecule has 1 aliphatic heterocycles. The number of nitrogens with two attached hydrogens (primary N) is 1. The van der Waals surface area contributed by atoms with Crippen LogP contribution in [0.2, 0.25) is 0 Å². The van der Waals surface area contributed by atoms with E-state index in [4.69, 9.17) is 10.5 Å². The van der Waals surface area contributed by atoms with Crippen LogP contribution in [0.25, 0.3) is 0 Å². The maximum absolute atomic E-state index is 12.4. The highest BCUT2D eigenvalue weighted by atomic mass is 35.5. The third kappa shape index (κ3) is 8.48. The normalized spacial score (nSPS) is 22.0. The molecule has 1 saturated heterocycles. The van der Waals surface area contributed by atoms with E-state index in [2.05, 4.69) is 22.2 Å². The van der Waals surface area contributed by atoms with Gasteiger partial charge < -0.3 is 20.7 Å². The maximum atomic E-state index is 12.4. The molecular formula is C20H35Cl3N4O2. The zero-order valence-electron chi connectivity index (χ0n) is 17.0. The largest absolute Gasteiger partial charge is 0.492 e. The first-order chi connectivity index (χ1) is 12.7. The van der Waals surface area contributed by atoms with Crippen molar-refractivity contribution in [3.05, 3.63) is 24.3 Å². The summed E-state index contributed by atoms with van der Waals surface area (Å²) in [5, 5.41) is 3.02. The average molecular weight is 470 g/mol. The van der Waals surface area contributed by atoms with Gasteiger partial charge in [-0.05, 0) is 56.6 Å². The number of likely N-dealkylation sites (N-methyl/N-ethyl adjacent to an activating group) is 1. The van der Waals surface area contributed by atoms with Gasteiger partial charge in [-0.3, -0.25) is 9.69 Å². The van der Waals surface area contributed by atoms with Gasteiger partial charge in [0.2, 0.25) is 5.91 Å². The molecule has 1 saturated carbocycles. The van der Waals surface area contributed by atoms with Crippen molar-refractivity contribution in [3.8, 4) is 5.75 Å². The minimum Gasteiger partial charge on any atom is -0.492 e. The van der Waals surface area contributed by atoms with Gasteiger partial charge in [0.05, 0.1) is 0 Å². The Labute approximate surface area is 193 Å². The molecule has 1 aromatic carbocycles. The van der Waals surface area contributed by atoms with Gasteiger partial charge in [-0.25, -0.2) is 0 Å². The molecule has 0 bridgehead atoms. The molecular weight excluding hydrogens is 435 g/mol. The van der Waals surface area contributed by atoms with Gasteiger partial charge in [0.15, 0.2) is 0 Å². The number of benzene rings is 1. The van der Waals surface area contributed by atoms with Gasteiger partial charge in [-0.1, -0.05) is 6.42 Å². The number of hydrogen-bond acceptors (Lipinski definition) is 5. The Hall–Kier alpha value is -0.760. The van der Waals surface area contributed by atoms with Crippen molar-refractivity contribution in [1.29, 1.82) is 0 Å². The number of piperazine rings is 1. The van der Waals surface area contributed by atoms with Crippen LogP contribution in [0.5, 0.6) is 5.75 Å². The smallest absolute Gasteiger partial charge is 0.227 e.